The second kappa shape index (κ2) is 8.93. The van der Waals surface area contributed by atoms with Crippen LogP contribution in [0.4, 0.5) is 0 Å². The molecular weight excluding hydrogens is 470 g/mol. The van der Waals surface area contributed by atoms with Crippen molar-refractivity contribution in [2.75, 3.05) is 7.11 Å². The lowest BCUT2D eigenvalue weighted by Gasteiger charge is -2.42. The second-order valence-electron chi connectivity index (χ2n) is 12.1. The van der Waals surface area contributed by atoms with Gasteiger partial charge in [-0.3, -0.25) is 9.67 Å². The van der Waals surface area contributed by atoms with Gasteiger partial charge in [0.05, 0.1) is 30.6 Å². The van der Waals surface area contributed by atoms with Crippen LogP contribution in [0, 0.1) is 0 Å². The first-order chi connectivity index (χ1) is 18.2. The highest BCUT2D eigenvalue weighted by Gasteiger charge is 2.39. The molecule has 2 aromatic carbocycles. The first kappa shape index (κ1) is 24.6. The molecule has 38 heavy (non-hydrogen) atoms. The molecule has 2 aliphatic carbocycles. The predicted molar refractivity (Wildman–Crippen MR) is 150 cm³/mol. The van der Waals surface area contributed by atoms with Gasteiger partial charge in [-0.05, 0) is 83.0 Å². The zero-order valence-corrected chi connectivity index (χ0v) is 23.0. The van der Waals surface area contributed by atoms with Crippen LogP contribution in [0.15, 0.2) is 60.9 Å². The fourth-order valence-corrected chi connectivity index (χ4v) is 6.28. The van der Waals surface area contributed by atoms with Crippen LogP contribution in [0.3, 0.4) is 0 Å². The molecule has 194 valence electrons. The van der Waals surface area contributed by atoms with Crippen LogP contribution in [0.5, 0.6) is 0 Å². The van der Waals surface area contributed by atoms with Crippen LogP contribution >= 0.6 is 0 Å². The molecule has 2 aliphatic rings. The van der Waals surface area contributed by atoms with E-state index in [1.54, 1.807) is 6.20 Å². The Morgan fingerprint density at radius 3 is 2.34 bits per heavy atom. The summed E-state index contributed by atoms with van der Waals surface area (Å²) in [6, 6.07) is 16.7. The number of fused-ring (bicyclic) bond motifs is 4. The van der Waals surface area contributed by atoms with Crippen LogP contribution in [0.2, 0.25) is 0 Å². The third-order valence-electron chi connectivity index (χ3n) is 8.66. The Morgan fingerprint density at radius 1 is 0.974 bits per heavy atom. The number of aryl methyl sites for hydroxylation is 1. The number of carbonyl (C=O) groups excluding carboxylic acids is 1. The number of nitrogens with zero attached hydrogens (tertiary/aromatic N) is 3. The molecular formula is C33H35N3O2. The van der Waals surface area contributed by atoms with Gasteiger partial charge in [-0.2, -0.15) is 5.10 Å². The Labute approximate surface area is 224 Å². The summed E-state index contributed by atoms with van der Waals surface area (Å²) in [6.07, 6.45) is 8.03. The minimum atomic E-state index is -0.327. The van der Waals surface area contributed by atoms with Crippen LogP contribution in [0.1, 0.15) is 78.7 Å². The lowest BCUT2D eigenvalue weighted by Crippen LogP contribution is -2.34. The number of aromatic nitrogens is 3. The smallest absolute Gasteiger partial charge is 0.337 e. The molecule has 0 saturated heterocycles. The summed E-state index contributed by atoms with van der Waals surface area (Å²) < 4.78 is 7.04. The summed E-state index contributed by atoms with van der Waals surface area (Å²) in [5.41, 5.74) is 12.2. The predicted octanol–water partition coefficient (Wildman–Crippen LogP) is 6.89. The molecule has 0 unspecified atom stereocenters. The summed E-state index contributed by atoms with van der Waals surface area (Å²) in [6.45, 7) is 10.2. The van der Waals surface area contributed by atoms with E-state index in [0.717, 1.165) is 35.4 Å². The maximum absolute atomic E-state index is 12.1. The average molecular weight is 506 g/mol. The van der Waals surface area contributed by atoms with Gasteiger partial charge in [-0.25, -0.2) is 4.79 Å². The van der Waals surface area contributed by atoms with E-state index < -0.39 is 0 Å². The highest BCUT2D eigenvalue weighted by molar-refractivity contribution is 5.90. The van der Waals surface area contributed by atoms with E-state index in [2.05, 4.69) is 55.6 Å². The normalized spacial score (nSPS) is 16.8. The van der Waals surface area contributed by atoms with Crippen molar-refractivity contribution in [2.45, 2.75) is 70.8 Å². The molecule has 0 amide bonds. The van der Waals surface area contributed by atoms with Crippen molar-refractivity contribution in [3.8, 4) is 22.5 Å². The Hall–Kier alpha value is -3.73. The van der Waals surface area contributed by atoms with Crippen molar-refractivity contribution in [1.29, 1.82) is 0 Å². The summed E-state index contributed by atoms with van der Waals surface area (Å²) in [5, 5.41) is 5.27. The van der Waals surface area contributed by atoms with Crippen LogP contribution in [-0.2, 0) is 35.0 Å². The molecule has 2 heterocycles. The third-order valence-corrected chi connectivity index (χ3v) is 8.66. The monoisotopic (exact) mass is 505 g/mol. The molecule has 0 radical (unpaired) electrons. The number of esters is 1. The van der Waals surface area contributed by atoms with Crippen molar-refractivity contribution >= 4 is 5.97 Å². The molecule has 0 saturated carbocycles. The molecule has 0 atom stereocenters. The number of methoxy groups -OCH3 is 1. The zero-order valence-electron chi connectivity index (χ0n) is 23.0. The number of rotatable bonds is 4. The van der Waals surface area contributed by atoms with Gasteiger partial charge in [0, 0.05) is 29.1 Å². The van der Waals surface area contributed by atoms with Crippen LogP contribution in [-0.4, -0.2) is 27.8 Å². The van der Waals surface area contributed by atoms with Crippen LogP contribution < -0.4 is 0 Å². The zero-order chi connectivity index (χ0) is 26.7. The van der Waals surface area contributed by atoms with E-state index in [1.165, 1.54) is 47.8 Å². The fourth-order valence-electron chi connectivity index (χ4n) is 6.28. The molecule has 5 heteroatoms. The van der Waals surface area contributed by atoms with Gasteiger partial charge in [0.15, 0.2) is 0 Å². The minimum absolute atomic E-state index is 0.141. The van der Waals surface area contributed by atoms with Crippen molar-refractivity contribution in [1.82, 2.24) is 14.8 Å². The standard InChI is InChI=1S/C33H35N3O2/c1-32(2)14-15-33(3,4)28-18-26-24(17-27(28)32)12-13-25-29(26)35-36(20-21-7-6-16-34-19-21)30(25)22-8-10-23(11-9-22)31(37)38-5/h6-11,16-19H,12-15,20H2,1-5H3. The molecule has 5 nitrogen and oxygen atoms in total. The number of hydrogen-bond acceptors (Lipinski definition) is 4. The van der Waals surface area contributed by atoms with Gasteiger partial charge in [-0.15, -0.1) is 0 Å². The topological polar surface area (TPSA) is 57.0 Å². The Bertz CT molecular complexity index is 1530. The van der Waals surface area contributed by atoms with Gasteiger partial charge in [0.25, 0.3) is 0 Å². The van der Waals surface area contributed by atoms with E-state index in [9.17, 15) is 4.79 Å². The molecule has 0 fully saturated rings. The summed E-state index contributed by atoms with van der Waals surface area (Å²) in [7, 11) is 1.41. The molecule has 0 bridgehead atoms. The molecule has 4 aromatic rings. The van der Waals surface area contributed by atoms with Gasteiger partial charge in [0.1, 0.15) is 0 Å². The number of carbonyl (C=O) groups is 1. The molecule has 6 rings (SSSR count). The fraction of sp³-hybridized carbons (Fsp3) is 0.364. The summed E-state index contributed by atoms with van der Waals surface area (Å²) in [4.78, 5) is 16.4. The van der Waals surface area contributed by atoms with E-state index in [0.29, 0.717) is 12.1 Å². The van der Waals surface area contributed by atoms with E-state index in [-0.39, 0.29) is 16.8 Å². The molecule has 2 aromatic heterocycles. The number of hydrogen-bond donors (Lipinski definition) is 0. The average Bonchev–Trinajstić information content (AvgIpc) is 3.29. The number of ether oxygens (including phenoxy) is 1. The van der Waals surface area contributed by atoms with Gasteiger partial charge in [-0.1, -0.05) is 52.0 Å². The summed E-state index contributed by atoms with van der Waals surface area (Å²) in [5.74, 6) is -0.327. The first-order valence-electron chi connectivity index (χ1n) is 13.5. The van der Waals surface area contributed by atoms with Gasteiger partial charge < -0.3 is 4.74 Å². The van der Waals surface area contributed by atoms with Crippen molar-refractivity contribution in [3.05, 3.63) is 94.3 Å². The van der Waals surface area contributed by atoms with Crippen molar-refractivity contribution in [3.63, 3.8) is 0 Å². The lowest BCUT2D eigenvalue weighted by molar-refractivity contribution is 0.0600. The molecule has 0 aliphatic heterocycles. The van der Waals surface area contributed by atoms with Gasteiger partial charge >= 0.3 is 5.97 Å². The maximum atomic E-state index is 12.1. The number of pyridine rings is 1. The second-order valence-corrected chi connectivity index (χ2v) is 12.1. The summed E-state index contributed by atoms with van der Waals surface area (Å²) >= 11 is 0. The third kappa shape index (κ3) is 4.05. The molecule has 0 spiro atoms. The lowest BCUT2D eigenvalue weighted by atomic mass is 9.62. The Morgan fingerprint density at radius 2 is 1.68 bits per heavy atom. The van der Waals surface area contributed by atoms with Crippen molar-refractivity contribution in [2.24, 2.45) is 0 Å². The van der Waals surface area contributed by atoms with Crippen LogP contribution in [0.25, 0.3) is 22.5 Å². The van der Waals surface area contributed by atoms with E-state index >= 15 is 0 Å². The van der Waals surface area contributed by atoms with Gasteiger partial charge in [0.2, 0.25) is 0 Å². The van der Waals surface area contributed by atoms with E-state index in [4.69, 9.17) is 9.84 Å². The number of benzene rings is 2. The SMILES string of the molecule is COC(=O)c1ccc(-c2c3c(nn2Cc2cccnc2)-c2cc4c(cc2CC3)C(C)(C)CCC4(C)C)cc1. The largest absolute Gasteiger partial charge is 0.465 e. The highest BCUT2D eigenvalue weighted by Crippen LogP contribution is 2.49. The first-order valence-corrected chi connectivity index (χ1v) is 13.5. The Kier molecular flexibility index (Phi) is 5.78. The van der Waals surface area contributed by atoms with E-state index in [1.807, 2.05) is 36.5 Å². The van der Waals surface area contributed by atoms with Crippen molar-refractivity contribution < 1.29 is 9.53 Å². The maximum Gasteiger partial charge on any atom is 0.337 e. The molecule has 0 N–H and O–H groups in total. The Balaban J connectivity index is 1.53. The highest BCUT2D eigenvalue weighted by atomic mass is 16.5. The minimum Gasteiger partial charge on any atom is -0.465 e. The quantitative estimate of drug-likeness (QED) is 0.283.